The lowest BCUT2D eigenvalue weighted by Crippen LogP contribution is -2.12. The van der Waals surface area contributed by atoms with Gasteiger partial charge in [-0.2, -0.15) is 0 Å². The van der Waals surface area contributed by atoms with Gasteiger partial charge in [-0.25, -0.2) is 0 Å². The van der Waals surface area contributed by atoms with Crippen molar-refractivity contribution in [2.45, 2.75) is 52.6 Å². The van der Waals surface area contributed by atoms with E-state index in [9.17, 15) is 5.11 Å². The summed E-state index contributed by atoms with van der Waals surface area (Å²) >= 11 is 0. The summed E-state index contributed by atoms with van der Waals surface area (Å²) in [7, 11) is 0. The molecular formula is C15H26O. The summed E-state index contributed by atoms with van der Waals surface area (Å²) in [5.74, 6) is 0.559. The summed E-state index contributed by atoms with van der Waals surface area (Å²) < 4.78 is 0. The van der Waals surface area contributed by atoms with Gasteiger partial charge in [-0.3, -0.25) is 0 Å². The minimum atomic E-state index is -0.271. The predicted molar refractivity (Wildman–Crippen MR) is 72.4 cm³/mol. The van der Waals surface area contributed by atoms with Crippen molar-refractivity contribution in [1.82, 2.24) is 0 Å². The van der Waals surface area contributed by atoms with Gasteiger partial charge in [0.15, 0.2) is 0 Å². The van der Waals surface area contributed by atoms with Crippen LogP contribution < -0.4 is 0 Å². The average Bonchev–Trinajstić information content (AvgIpc) is 2.16. The first-order chi connectivity index (χ1) is 7.45. The lowest BCUT2D eigenvalue weighted by atomic mass is 9.95. The van der Waals surface area contributed by atoms with Crippen LogP contribution in [0.1, 0.15) is 46.5 Å². The average molecular weight is 222 g/mol. The normalized spacial score (nSPS) is 14.0. The minimum Gasteiger partial charge on any atom is -0.393 e. The Balaban J connectivity index is 3.77. The minimum absolute atomic E-state index is 0.271. The lowest BCUT2D eigenvalue weighted by Gasteiger charge is -2.15. The summed E-state index contributed by atoms with van der Waals surface area (Å²) in [5.41, 5.74) is 2.29. The van der Waals surface area contributed by atoms with Gasteiger partial charge >= 0.3 is 0 Å². The van der Waals surface area contributed by atoms with Gasteiger partial charge in [-0.15, -0.1) is 0 Å². The van der Waals surface area contributed by atoms with Crippen molar-refractivity contribution in [3.8, 4) is 0 Å². The van der Waals surface area contributed by atoms with Crippen LogP contribution in [0.2, 0.25) is 0 Å². The summed E-state index contributed by atoms with van der Waals surface area (Å²) in [6.07, 6.45) is 7.46. The van der Waals surface area contributed by atoms with Crippen molar-refractivity contribution in [1.29, 1.82) is 0 Å². The smallest absolute Gasteiger partial charge is 0.0582 e. The van der Waals surface area contributed by atoms with Crippen LogP contribution in [0.15, 0.2) is 36.5 Å². The van der Waals surface area contributed by atoms with Crippen molar-refractivity contribution < 1.29 is 5.11 Å². The molecule has 0 saturated carbocycles. The maximum absolute atomic E-state index is 9.81. The number of aliphatic hydroxyl groups excluding tert-OH is 1. The highest BCUT2D eigenvalue weighted by molar-refractivity contribution is 5.11. The zero-order valence-corrected chi connectivity index (χ0v) is 11.0. The molecule has 0 heterocycles. The Morgan fingerprint density at radius 1 is 1.38 bits per heavy atom. The Hall–Kier alpha value is -0.820. The molecule has 1 heteroatoms. The third-order valence-corrected chi connectivity index (χ3v) is 2.67. The molecule has 0 bridgehead atoms. The van der Waals surface area contributed by atoms with Crippen LogP contribution >= 0.6 is 0 Å². The Bertz CT molecular complexity index is 246. The highest BCUT2D eigenvalue weighted by atomic mass is 16.3. The Morgan fingerprint density at radius 2 is 2.00 bits per heavy atom. The molecule has 1 nitrogen and oxygen atoms in total. The SMILES string of the molecule is C=CC(=C)CC(O)C[C@@H](C)CCC=C(C)C. The van der Waals surface area contributed by atoms with Crippen molar-refractivity contribution in [3.05, 3.63) is 36.5 Å². The third kappa shape index (κ3) is 8.49. The number of aliphatic hydroxyl groups is 1. The van der Waals surface area contributed by atoms with Crippen molar-refractivity contribution in [3.63, 3.8) is 0 Å². The maximum atomic E-state index is 9.81. The fourth-order valence-electron chi connectivity index (χ4n) is 1.71. The molecule has 0 aliphatic heterocycles. The van der Waals surface area contributed by atoms with E-state index in [0.29, 0.717) is 12.3 Å². The topological polar surface area (TPSA) is 20.2 Å². The molecule has 0 spiro atoms. The van der Waals surface area contributed by atoms with Gasteiger partial charge < -0.3 is 5.11 Å². The summed E-state index contributed by atoms with van der Waals surface area (Å²) in [5, 5.41) is 9.81. The predicted octanol–water partition coefficient (Wildman–Crippen LogP) is 4.25. The molecule has 0 saturated heterocycles. The van der Waals surface area contributed by atoms with E-state index in [4.69, 9.17) is 0 Å². The zero-order chi connectivity index (χ0) is 12.6. The number of hydrogen-bond donors (Lipinski definition) is 1. The molecule has 0 amide bonds. The van der Waals surface area contributed by atoms with E-state index >= 15 is 0 Å². The fraction of sp³-hybridized carbons (Fsp3) is 0.600. The number of hydrogen-bond acceptors (Lipinski definition) is 1. The lowest BCUT2D eigenvalue weighted by molar-refractivity contribution is 0.144. The van der Waals surface area contributed by atoms with Crippen molar-refractivity contribution in [2.24, 2.45) is 5.92 Å². The molecule has 0 aromatic carbocycles. The van der Waals surface area contributed by atoms with E-state index in [-0.39, 0.29) is 6.10 Å². The van der Waals surface area contributed by atoms with Crippen molar-refractivity contribution in [2.75, 3.05) is 0 Å². The second-order valence-electron chi connectivity index (χ2n) is 4.92. The van der Waals surface area contributed by atoms with Crippen LogP contribution in [0.25, 0.3) is 0 Å². The maximum Gasteiger partial charge on any atom is 0.0582 e. The zero-order valence-electron chi connectivity index (χ0n) is 11.0. The summed E-state index contributed by atoms with van der Waals surface area (Å²) in [4.78, 5) is 0. The highest BCUT2D eigenvalue weighted by Crippen LogP contribution is 2.17. The molecular weight excluding hydrogens is 196 g/mol. The Kier molecular flexibility index (Phi) is 7.92. The molecule has 0 rings (SSSR count). The number of allylic oxidation sites excluding steroid dienone is 3. The van der Waals surface area contributed by atoms with Crippen LogP contribution in [0.4, 0.5) is 0 Å². The molecule has 1 N–H and O–H groups in total. The fourth-order valence-corrected chi connectivity index (χ4v) is 1.71. The molecule has 92 valence electrons. The van der Waals surface area contributed by atoms with E-state index in [0.717, 1.165) is 24.8 Å². The monoisotopic (exact) mass is 222 g/mol. The Labute approximate surface area is 101 Å². The largest absolute Gasteiger partial charge is 0.393 e. The molecule has 2 atom stereocenters. The first-order valence-corrected chi connectivity index (χ1v) is 6.07. The standard InChI is InChI=1S/C15H26O/c1-6-13(4)10-15(16)11-14(5)9-7-8-12(2)3/h6,8,14-16H,1,4,7,9-11H2,2-3,5H3/t14-,15?/m0/s1. The van der Waals surface area contributed by atoms with E-state index in [1.807, 2.05) is 0 Å². The molecule has 0 aromatic heterocycles. The number of rotatable bonds is 8. The Morgan fingerprint density at radius 3 is 2.50 bits per heavy atom. The van der Waals surface area contributed by atoms with Crippen LogP contribution in [0.5, 0.6) is 0 Å². The van der Waals surface area contributed by atoms with Gasteiger partial charge in [0.1, 0.15) is 0 Å². The second-order valence-corrected chi connectivity index (χ2v) is 4.92. The molecule has 0 fully saturated rings. The molecule has 0 aliphatic carbocycles. The summed E-state index contributed by atoms with van der Waals surface area (Å²) in [6, 6.07) is 0. The molecule has 0 aromatic rings. The van der Waals surface area contributed by atoms with Crippen LogP contribution in [-0.4, -0.2) is 11.2 Å². The van der Waals surface area contributed by atoms with Crippen LogP contribution in [0.3, 0.4) is 0 Å². The van der Waals surface area contributed by atoms with Gasteiger partial charge in [-0.05, 0) is 45.4 Å². The molecule has 0 aliphatic rings. The highest BCUT2D eigenvalue weighted by Gasteiger charge is 2.10. The molecule has 1 unspecified atom stereocenters. The van der Waals surface area contributed by atoms with Gasteiger partial charge in [-0.1, -0.05) is 43.4 Å². The first kappa shape index (κ1) is 15.2. The van der Waals surface area contributed by atoms with Crippen LogP contribution in [0, 0.1) is 5.92 Å². The van der Waals surface area contributed by atoms with E-state index in [2.05, 4.69) is 40.0 Å². The van der Waals surface area contributed by atoms with Crippen molar-refractivity contribution >= 4 is 0 Å². The first-order valence-electron chi connectivity index (χ1n) is 6.07. The van der Waals surface area contributed by atoms with E-state index in [1.54, 1.807) is 6.08 Å². The molecule has 16 heavy (non-hydrogen) atoms. The quantitative estimate of drug-likeness (QED) is 0.481. The van der Waals surface area contributed by atoms with Gasteiger partial charge in [0, 0.05) is 0 Å². The third-order valence-electron chi connectivity index (χ3n) is 2.67. The van der Waals surface area contributed by atoms with E-state index < -0.39 is 0 Å². The van der Waals surface area contributed by atoms with Gasteiger partial charge in [0.05, 0.1) is 6.10 Å². The summed E-state index contributed by atoms with van der Waals surface area (Å²) in [6.45, 7) is 13.9. The van der Waals surface area contributed by atoms with E-state index in [1.165, 1.54) is 5.57 Å². The van der Waals surface area contributed by atoms with Crippen LogP contribution in [-0.2, 0) is 0 Å². The molecule has 0 radical (unpaired) electrons. The second kappa shape index (κ2) is 8.35. The van der Waals surface area contributed by atoms with Gasteiger partial charge in [0.2, 0.25) is 0 Å². The van der Waals surface area contributed by atoms with Gasteiger partial charge in [0.25, 0.3) is 0 Å².